The van der Waals surface area contributed by atoms with Gasteiger partial charge in [-0.2, -0.15) is 5.41 Å². The molecule has 0 aromatic heterocycles. The maximum Gasteiger partial charge on any atom is 0.0599 e. The summed E-state index contributed by atoms with van der Waals surface area (Å²) in [6.45, 7) is 39.9. The van der Waals surface area contributed by atoms with Crippen LogP contribution in [-0.4, -0.2) is 11.7 Å². The van der Waals surface area contributed by atoms with Crippen molar-refractivity contribution in [3.05, 3.63) is 6.42 Å². The van der Waals surface area contributed by atoms with E-state index in [0.29, 0.717) is 0 Å². The van der Waals surface area contributed by atoms with Crippen LogP contribution < -0.4 is 0 Å². The van der Waals surface area contributed by atoms with E-state index in [-0.39, 0.29) is 78.3 Å². The summed E-state index contributed by atoms with van der Waals surface area (Å²) in [4.78, 5) is 0. The van der Waals surface area contributed by atoms with Crippen LogP contribution in [0.3, 0.4) is 0 Å². The third kappa shape index (κ3) is 9.09. The van der Waals surface area contributed by atoms with Crippen molar-refractivity contribution in [2.45, 2.75) is 136 Å². The summed E-state index contributed by atoms with van der Waals surface area (Å²) in [5, 5.41) is 0. The van der Waals surface area contributed by atoms with Gasteiger partial charge in [0.1, 0.15) is 0 Å². The van der Waals surface area contributed by atoms with E-state index in [2.05, 4.69) is 124 Å². The first-order chi connectivity index (χ1) is 11.8. The van der Waals surface area contributed by atoms with Gasteiger partial charge in [0.25, 0.3) is 0 Å². The van der Waals surface area contributed by atoms with E-state index in [1.54, 1.807) is 0 Å². The topological polar surface area (TPSA) is 9.23 Å². The molecule has 0 saturated carbocycles. The molecule has 0 aromatic rings. The molecule has 0 aromatic carbocycles. The summed E-state index contributed by atoms with van der Waals surface area (Å²) in [5.74, 6) is 0. The summed E-state index contributed by atoms with van der Waals surface area (Å²) < 4.78 is 6.85. The third-order valence-electron chi connectivity index (χ3n) is 7.97. The molecule has 0 radical (unpaired) electrons. The Morgan fingerprint density at radius 2 is 0.967 bits per heavy atom. The first kappa shape index (κ1) is 35.6. The van der Waals surface area contributed by atoms with E-state index >= 15 is 0 Å². The molecule has 3 heteroatoms. The molecular formula is C27H55Fe2O-. The Balaban J connectivity index is -0.00000364. The van der Waals surface area contributed by atoms with Gasteiger partial charge in [0, 0.05) is 34.1 Å². The van der Waals surface area contributed by atoms with Gasteiger partial charge in [0.15, 0.2) is 0 Å². The Bertz CT molecular complexity index is 508. The second kappa shape index (κ2) is 10.5. The van der Waals surface area contributed by atoms with Gasteiger partial charge in [0.2, 0.25) is 0 Å². The van der Waals surface area contributed by atoms with E-state index in [9.17, 15) is 0 Å². The fraction of sp³-hybridized carbons (Fsp3) is 0.963. The van der Waals surface area contributed by atoms with Crippen molar-refractivity contribution in [3.8, 4) is 0 Å². The van der Waals surface area contributed by atoms with Crippen molar-refractivity contribution in [1.29, 1.82) is 0 Å². The molecule has 1 unspecified atom stereocenters. The van der Waals surface area contributed by atoms with E-state index in [1.165, 1.54) is 0 Å². The monoisotopic (exact) mass is 507 g/mol. The maximum absolute atomic E-state index is 6.85. The molecule has 0 saturated heterocycles. The molecule has 0 spiro atoms. The van der Waals surface area contributed by atoms with Gasteiger partial charge in [-0.25, -0.2) is 0 Å². The molecule has 1 nitrogen and oxygen atoms in total. The van der Waals surface area contributed by atoms with Gasteiger partial charge in [0.05, 0.1) is 6.10 Å². The molecule has 0 amide bonds. The minimum absolute atomic E-state index is 0. The van der Waals surface area contributed by atoms with Crippen molar-refractivity contribution >= 4 is 0 Å². The Morgan fingerprint density at radius 3 is 1.23 bits per heavy atom. The van der Waals surface area contributed by atoms with Crippen LogP contribution in [-0.2, 0) is 38.9 Å². The van der Waals surface area contributed by atoms with Crippen molar-refractivity contribution in [2.75, 3.05) is 0 Å². The minimum Gasteiger partial charge on any atom is -0.404 e. The zero-order chi connectivity index (χ0) is 23.2. The van der Waals surface area contributed by atoms with Crippen LogP contribution in [0, 0.1) is 38.9 Å². The van der Waals surface area contributed by atoms with Crippen LogP contribution in [0.2, 0.25) is 0 Å². The molecule has 0 rings (SSSR count). The average Bonchev–Trinajstić information content (AvgIpc) is 2.31. The number of hydrogen-bond acceptors (Lipinski definition) is 1. The molecule has 0 bridgehead atoms. The number of hydrogen-bond donors (Lipinski definition) is 0. The van der Waals surface area contributed by atoms with Crippen molar-refractivity contribution < 1.29 is 38.9 Å². The predicted molar refractivity (Wildman–Crippen MR) is 128 cm³/mol. The molecular weight excluding hydrogens is 452 g/mol. The zero-order valence-corrected chi connectivity index (χ0v) is 25.7. The molecule has 1 atom stereocenters. The SMILES string of the molecule is CC(C)(C)CC(OC(C)(C)[CH-]C(C)(C)C(C)(C)C(C)(C)C(C)(C)C)C(C)(C)C.[Fe].[Fe]. The third-order valence-corrected chi connectivity index (χ3v) is 7.97. The van der Waals surface area contributed by atoms with Crippen molar-refractivity contribution in [2.24, 2.45) is 32.5 Å². The Labute approximate surface area is 213 Å². The van der Waals surface area contributed by atoms with Crippen LogP contribution in [0.4, 0.5) is 0 Å². The normalized spacial score (nSPS) is 15.9. The van der Waals surface area contributed by atoms with Crippen LogP contribution in [0.1, 0.15) is 124 Å². The molecule has 186 valence electrons. The van der Waals surface area contributed by atoms with Gasteiger partial charge in [-0.3, -0.25) is 6.42 Å². The predicted octanol–water partition coefficient (Wildman–Crippen LogP) is 8.96. The molecule has 30 heavy (non-hydrogen) atoms. The summed E-state index contributed by atoms with van der Waals surface area (Å²) in [6, 6.07) is 0. The second-order valence-electron chi connectivity index (χ2n) is 14.7. The summed E-state index contributed by atoms with van der Waals surface area (Å²) >= 11 is 0. The molecule has 0 aliphatic carbocycles. The molecule has 0 N–H and O–H groups in total. The van der Waals surface area contributed by atoms with Crippen LogP contribution in [0.15, 0.2) is 0 Å². The van der Waals surface area contributed by atoms with Crippen molar-refractivity contribution in [3.63, 3.8) is 0 Å². The number of ether oxygens (including phenoxy) is 1. The average molecular weight is 507 g/mol. The minimum atomic E-state index is -0.294. The van der Waals surface area contributed by atoms with Crippen LogP contribution in [0.5, 0.6) is 0 Å². The Morgan fingerprint density at radius 1 is 0.600 bits per heavy atom. The standard InChI is InChI=1S/C27H55O.2Fe/c1-21(2,3)18-20(22(4,5)6)28-25(12,13)19-24(10,11)27(16,17)26(14,15)23(7,8)9;;/h19-20H,18H2,1-17H3;;/q-1;;. The largest absolute Gasteiger partial charge is 0.404 e. The van der Waals surface area contributed by atoms with Gasteiger partial charge < -0.3 is 4.74 Å². The van der Waals surface area contributed by atoms with E-state index in [1.807, 2.05) is 0 Å². The molecule has 0 heterocycles. The summed E-state index contributed by atoms with van der Waals surface area (Å²) in [5.41, 5.74) is 0.549. The molecule has 0 aliphatic heterocycles. The van der Waals surface area contributed by atoms with E-state index in [0.717, 1.165) is 6.42 Å². The van der Waals surface area contributed by atoms with Crippen LogP contribution in [0.25, 0.3) is 0 Å². The second-order valence-corrected chi connectivity index (χ2v) is 14.7. The quantitative estimate of drug-likeness (QED) is 0.247. The molecule has 0 aliphatic rings. The van der Waals surface area contributed by atoms with E-state index in [4.69, 9.17) is 4.74 Å². The van der Waals surface area contributed by atoms with E-state index < -0.39 is 0 Å². The smallest absolute Gasteiger partial charge is 0.0599 e. The van der Waals surface area contributed by atoms with Crippen molar-refractivity contribution in [1.82, 2.24) is 0 Å². The fourth-order valence-corrected chi connectivity index (χ4v) is 4.27. The van der Waals surface area contributed by atoms with Gasteiger partial charge >= 0.3 is 0 Å². The number of rotatable bonds is 7. The maximum atomic E-state index is 6.85. The zero-order valence-electron chi connectivity index (χ0n) is 23.5. The molecule has 0 fully saturated rings. The summed E-state index contributed by atoms with van der Waals surface area (Å²) in [6.07, 6.45) is 3.76. The van der Waals surface area contributed by atoms with Gasteiger partial charge in [-0.05, 0) is 28.1 Å². The van der Waals surface area contributed by atoms with Gasteiger partial charge in [-0.1, -0.05) is 129 Å². The first-order valence-electron chi connectivity index (χ1n) is 11.3. The fourth-order valence-electron chi connectivity index (χ4n) is 4.27. The first-order valence-corrected chi connectivity index (χ1v) is 11.3. The Hall–Kier alpha value is 0.999. The Kier molecular flexibility index (Phi) is 12.5. The van der Waals surface area contributed by atoms with Gasteiger partial charge in [-0.15, -0.1) is 0 Å². The van der Waals surface area contributed by atoms with Crippen LogP contribution >= 0.6 is 0 Å². The summed E-state index contributed by atoms with van der Waals surface area (Å²) in [7, 11) is 0.